The second-order valence-corrected chi connectivity index (χ2v) is 10.0. The maximum Gasteiger partial charge on any atom is 0.309 e. The van der Waals surface area contributed by atoms with Crippen LogP contribution in [0.3, 0.4) is 0 Å². The number of ether oxygens (including phenoxy) is 1. The van der Waals surface area contributed by atoms with E-state index in [-0.39, 0.29) is 65.8 Å². The first-order valence-corrected chi connectivity index (χ1v) is 11.7. The Balaban J connectivity index is 1.13. The summed E-state index contributed by atoms with van der Waals surface area (Å²) in [6.45, 7) is -0.275. The number of halogens is 1. The summed E-state index contributed by atoms with van der Waals surface area (Å²) >= 11 is 3.32. The van der Waals surface area contributed by atoms with Gasteiger partial charge in [0.25, 0.3) is 0 Å². The summed E-state index contributed by atoms with van der Waals surface area (Å²) in [5.41, 5.74) is 0.500. The molecule has 31 heavy (non-hydrogen) atoms. The van der Waals surface area contributed by atoms with E-state index in [0.717, 1.165) is 10.9 Å². The molecule has 1 aromatic carbocycles. The number of nitrogens with zero attached hydrogens (tertiary/aromatic N) is 1. The van der Waals surface area contributed by atoms with E-state index in [1.807, 2.05) is 0 Å². The Hall–Kier alpha value is -2.28. The Morgan fingerprint density at radius 2 is 1.52 bits per heavy atom. The maximum absolute atomic E-state index is 13.0. The van der Waals surface area contributed by atoms with Gasteiger partial charge < -0.3 is 4.74 Å². The van der Waals surface area contributed by atoms with Crippen LogP contribution in [0.5, 0.6) is 0 Å². The van der Waals surface area contributed by atoms with E-state index in [4.69, 9.17) is 4.74 Å². The van der Waals surface area contributed by atoms with Crippen molar-refractivity contribution in [2.75, 3.05) is 6.61 Å². The van der Waals surface area contributed by atoms with E-state index >= 15 is 0 Å². The van der Waals surface area contributed by atoms with Gasteiger partial charge >= 0.3 is 5.97 Å². The van der Waals surface area contributed by atoms with Crippen molar-refractivity contribution in [3.05, 3.63) is 46.5 Å². The lowest BCUT2D eigenvalue weighted by Gasteiger charge is -2.33. The van der Waals surface area contributed by atoms with Crippen LogP contribution in [0.15, 0.2) is 40.9 Å². The number of amides is 2. The van der Waals surface area contributed by atoms with Gasteiger partial charge in [-0.25, -0.2) is 0 Å². The molecule has 0 N–H and O–H groups in total. The normalized spacial score (nSPS) is 33.6. The number of Topliss-reactive ketones (excluding diaryl/α,β-unsaturated/α-hetero) is 1. The Morgan fingerprint density at radius 1 is 0.935 bits per heavy atom. The summed E-state index contributed by atoms with van der Waals surface area (Å²) in [5.74, 6) is -0.851. The average Bonchev–Trinajstić information content (AvgIpc) is 3.46. The molecule has 2 amide bonds. The predicted molar refractivity (Wildman–Crippen MR) is 115 cm³/mol. The fourth-order valence-electron chi connectivity index (χ4n) is 5.83. The highest BCUT2D eigenvalue weighted by molar-refractivity contribution is 9.10. The van der Waals surface area contributed by atoms with Crippen molar-refractivity contribution in [2.45, 2.75) is 38.1 Å². The summed E-state index contributed by atoms with van der Waals surface area (Å²) in [6.07, 6.45) is 7.48. The van der Waals surface area contributed by atoms with Gasteiger partial charge in [-0.05, 0) is 56.1 Å². The molecule has 4 aliphatic rings. The van der Waals surface area contributed by atoms with E-state index in [0.29, 0.717) is 31.2 Å². The van der Waals surface area contributed by atoms with Crippen LogP contribution in [0.25, 0.3) is 0 Å². The third-order valence-corrected chi connectivity index (χ3v) is 7.94. The Kier molecular flexibility index (Phi) is 5.32. The molecular weight excluding hydrogens is 462 g/mol. The average molecular weight is 486 g/mol. The van der Waals surface area contributed by atoms with Crippen LogP contribution < -0.4 is 0 Å². The molecule has 0 radical (unpaired) electrons. The predicted octanol–water partition coefficient (Wildman–Crippen LogP) is 3.54. The topological polar surface area (TPSA) is 80.8 Å². The number of hydrogen-bond donors (Lipinski definition) is 0. The van der Waals surface area contributed by atoms with Crippen LogP contribution in [-0.2, 0) is 19.1 Å². The van der Waals surface area contributed by atoms with Crippen LogP contribution in [0, 0.1) is 29.6 Å². The lowest BCUT2D eigenvalue weighted by Crippen LogP contribution is -2.44. The van der Waals surface area contributed by atoms with Crippen molar-refractivity contribution in [3.8, 4) is 0 Å². The molecule has 1 heterocycles. The summed E-state index contributed by atoms with van der Waals surface area (Å²) in [4.78, 5) is 52.1. The monoisotopic (exact) mass is 485 g/mol. The molecule has 2 bridgehead atoms. The minimum atomic E-state index is -0.373. The van der Waals surface area contributed by atoms with Gasteiger partial charge in [0.2, 0.25) is 11.8 Å². The van der Waals surface area contributed by atoms with Crippen molar-refractivity contribution >= 4 is 39.5 Å². The van der Waals surface area contributed by atoms with Crippen molar-refractivity contribution in [1.82, 2.24) is 4.90 Å². The molecule has 0 unspecified atom stereocenters. The van der Waals surface area contributed by atoms with E-state index in [1.165, 1.54) is 4.90 Å². The Morgan fingerprint density at radius 3 is 2.10 bits per heavy atom. The van der Waals surface area contributed by atoms with Gasteiger partial charge in [0.1, 0.15) is 0 Å². The van der Waals surface area contributed by atoms with Gasteiger partial charge in [0.05, 0.1) is 17.8 Å². The molecule has 3 fully saturated rings. The van der Waals surface area contributed by atoms with Crippen LogP contribution in [0.1, 0.15) is 42.5 Å². The van der Waals surface area contributed by atoms with Crippen molar-refractivity contribution in [3.63, 3.8) is 0 Å². The second kappa shape index (κ2) is 8.01. The molecule has 2 saturated carbocycles. The number of imide groups is 1. The van der Waals surface area contributed by atoms with Gasteiger partial charge in [-0.2, -0.15) is 0 Å². The van der Waals surface area contributed by atoms with Gasteiger partial charge in [0.15, 0.2) is 12.4 Å². The molecule has 7 heteroatoms. The molecule has 3 aliphatic carbocycles. The third-order valence-electron chi connectivity index (χ3n) is 7.41. The molecule has 1 saturated heterocycles. The number of ketones is 1. The lowest BCUT2D eigenvalue weighted by molar-refractivity contribution is -0.149. The SMILES string of the molecule is O=C(COC(=O)C1CCC(N2C(=O)[C@H]3[C@H](C2=O)[C@H]2C=C[C@H]3C2)CC1)c1ccc(Br)cc1. The first kappa shape index (κ1) is 20.6. The minimum absolute atomic E-state index is 0.0158. The van der Waals surface area contributed by atoms with Crippen LogP contribution in [-0.4, -0.2) is 41.1 Å². The number of fused-ring (bicyclic) bond motifs is 5. The smallest absolute Gasteiger partial charge is 0.309 e. The summed E-state index contributed by atoms with van der Waals surface area (Å²) in [5, 5.41) is 0. The van der Waals surface area contributed by atoms with Crippen LogP contribution in [0.4, 0.5) is 0 Å². The first-order valence-electron chi connectivity index (χ1n) is 10.9. The molecule has 6 nitrogen and oxygen atoms in total. The zero-order valence-corrected chi connectivity index (χ0v) is 18.6. The number of rotatable bonds is 5. The molecule has 5 rings (SSSR count). The summed E-state index contributed by atoms with van der Waals surface area (Å²) < 4.78 is 6.15. The van der Waals surface area contributed by atoms with Crippen molar-refractivity contribution < 1.29 is 23.9 Å². The van der Waals surface area contributed by atoms with E-state index < -0.39 is 0 Å². The molecule has 1 aliphatic heterocycles. The largest absolute Gasteiger partial charge is 0.457 e. The fourth-order valence-corrected chi connectivity index (χ4v) is 6.09. The fraction of sp³-hybridized carbons (Fsp3) is 0.500. The zero-order chi connectivity index (χ0) is 21.7. The molecule has 0 spiro atoms. The van der Waals surface area contributed by atoms with Gasteiger partial charge in [0, 0.05) is 16.1 Å². The highest BCUT2D eigenvalue weighted by Gasteiger charge is 2.60. The second-order valence-electron chi connectivity index (χ2n) is 9.09. The third kappa shape index (κ3) is 3.56. The number of benzene rings is 1. The molecule has 0 aromatic heterocycles. The van der Waals surface area contributed by atoms with E-state index in [9.17, 15) is 19.2 Å². The number of allylic oxidation sites excluding steroid dienone is 2. The van der Waals surface area contributed by atoms with E-state index in [1.54, 1.807) is 24.3 Å². The van der Waals surface area contributed by atoms with Crippen LogP contribution >= 0.6 is 15.9 Å². The summed E-state index contributed by atoms with van der Waals surface area (Å²) in [7, 11) is 0. The van der Waals surface area contributed by atoms with Gasteiger partial charge in [-0.15, -0.1) is 0 Å². The van der Waals surface area contributed by atoms with Gasteiger partial charge in [-0.3, -0.25) is 24.1 Å². The number of carbonyl (C=O) groups excluding carboxylic acids is 4. The molecule has 1 aromatic rings. The standard InChI is InChI=1S/C24H24BrNO5/c25-17-7-3-13(4-8-17)19(27)12-31-24(30)14-5-9-18(10-6-14)26-22(28)20-15-1-2-16(11-15)21(20)23(26)29/h1-4,7-8,14-16,18,20-21H,5-6,9-12H2/t14?,15-,16-,18?,20+,21+/m0/s1. The zero-order valence-electron chi connectivity index (χ0n) is 17.0. The molecule has 162 valence electrons. The summed E-state index contributed by atoms with van der Waals surface area (Å²) in [6, 6.07) is 6.79. The highest BCUT2D eigenvalue weighted by Crippen LogP contribution is 2.53. The highest BCUT2D eigenvalue weighted by atomic mass is 79.9. The molecule has 4 atom stereocenters. The van der Waals surface area contributed by atoms with Crippen LogP contribution in [0.2, 0.25) is 0 Å². The first-order chi connectivity index (χ1) is 14.9. The Bertz CT molecular complexity index is 933. The van der Waals surface area contributed by atoms with Crippen molar-refractivity contribution in [2.24, 2.45) is 29.6 Å². The molecular formula is C24H24BrNO5. The number of carbonyl (C=O) groups is 4. The van der Waals surface area contributed by atoms with E-state index in [2.05, 4.69) is 28.1 Å². The maximum atomic E-state index is 13.0. The van der Waals surface area contributed by atoms with Gasteiger partial charge in [-0.1, -0.05) is 40.2 Å². The number of likely N-dealkylation sites (tertiary alicyclic amines) is 1. The number of hydrogen-bond acceptors (Lipinski definition) is 5. The Labute approximate surface area is 189 Å². The minimum Gasteiger partial charge on any atom is -0.457 e. The number of esters is 1. The van der Waals surface area contributed by atoms with Crippen molar-refractivity contribution in [1.29, 1.82) is 0 Å². The quantitative estimate of drug-likeness (QED) is 0.275. The lowest BCUT2D eigenvalue weighted by atomic mass is 9.85.